The van der Waals surface area contributed by atoms with Crippen LogP contribution in [-0.4, -0.2) is 25.6 Å². The van der Waals surface area contributed by atoms with E-state index in [0.29, 0.717) is 0 Å². The summed E-state index contributed by atoms with van der Waals surface area (Å²) in [6, 6.07) is 0. The Kier molecular flexibility index (Phi) is 1.97. The molecule has 1 amide bonds. The van der Waals surface area contributed by atoms with E-state index in [1.165, 1.54) is 6.08 Å². The maximum atomic E-state index is 10.9. The van der Waals surface area contributed by atoms with E-state index in [4.69, 9.17) is 11.5 Å². The summed E-state index contributed by atoms with van der Waals surface area (Å²) in [6.45, 7) is 0. The lowest BCUT2D eigenvalue weighted by atomic mass is 10.00. The third-order valence-corrected chi connectivity index (χ3v) is 3.07. The Balaban J connectivity index is 2.80. The van der Waals surface area contributed by atoms with Crippen molar-refractivity contribution in [1.29, 1.82) is 0 Å². The van der Waals surface area contributed by atoms with E-state index in [2.05, 4.69) is 0 Å². The standard InChI is InChI=1S/C6H10N2O3S/c7-5(9)3-6(8)1-2-12(10,11)4-6/h1-2H,3-4,8H2,(H2,7,9). The van der Waals surface area contributed by atoms with Crippen LogP contribution in [0.15, 0.2) is 11.5 Å². The molecule has 4 N–H and O–H groups in total. The zero-order chi connectivity index (χ0) is 9.41. The molecule has 0 aromatic carbocycles. The molecule has 1 aliphatic heterocycles. The molecule has 0 saturated heterocycles. The monoisotopic (exact) mass is 190 g/mol. The van der Waals surface area contributed by atoms with E-state index in [1.54, 1.807) is 0 Å². The summed E-state index contributed by atoms with van der Waals surface area (Å²) in [5.74, 6) is -0.831. The molecule has 0 saturated carbocycles. The first-order chi connectivity index (χ1) is 5.33. The van der Waals surface area contributed by atoms with Crippen molar-refractivity contribution >= 4 is 15.7 Å². The largest absolute Gasteiger partial charge is 0.370 e. The van der Waals surface area contributed by atoms with Gasteiger partial charge in [-0.2, -0.15) is 0 Å². The molecule has 0 aromatic heterocycles. The third-order valence-electron chi connectivity index (χ3n) is 1.58. The fraction of sp³-hybridized carbons (Fsp3) is 0.500. The van der Waals surface area contributed by atoms with Gasteiger partial charge in [-0.1, -0.05) is 6.08 Å². The lowest BCUT2D eigenvalue weighted by Crippen LogP contribution is -2.44. The van der Waals surface area contributed by atoms with Crippen LogP contribution in [0.5, 0.6) is 0 Å². The summed E-state index contributed by atoms with van der Waals surface area (Å²) < 4.78 is 21.8. The van der Waals surface area contributed by atoms with Crippen LogP contribution >= 0.6 is 0 Å². The van der Waals surface area contributed by atoms with Gasteiger partial charge in [0.05, 0.1) is 11.3 Å². The predicted molar refractivity (Wildman–Crippen MR) is 43.7 cm³/mol. The maximum Gasteiger partial charge on any atom is 0.219 e. The molecule has 6 heteroatoms. The zero-order valence-corrected chi connectivity index (χ0v) is 7.17. The highest BCUT2D eigenvalue weighted by Crippen LogP contribution is 2.20. The van der Waals surface area contributed by atoms with E-state index < -0.39 is 21.3 Å². The van der Waals surface area contributed by atoms with Gasteiger partial charge in [0.15, 0.2) is 9.84 Å². The molecule has 0 spiro atoms. The Bertz CT molecular complexity index is 333. The second-order valence-electron chi connectivity index (χ2n) is 2.99. The Labute approximate surface area is 70.3 Å². The van der Waals surface area contributed by atoms with Gasteiger partial charge in [0.1, 0.15) is 0 Å². The van der Waals surface area contributed by atoms with Crippen molar-refractivity contribution in [3.8, 4) is 0 Å². The van der Waals surface area contributed by atoms with Crippen LogP contribution in [-0.2, 0) is 14.6 Å². The number of amides is 1. The van der Waals surface area contributed by atoms with Crippen LogP contribution in [0.25, 0.3) is 0 Å². The van der Waals surface area contributed by atoms with Crippen LogP contribution in [0, 0.1) is 0 Å². The molecule has 1 atom stereocenters. The average Bonchev–Trinajstić information content (AvgIpc) is 2.03. The number of sulfone groups is 1. The Morgan fingerprint density at radius 1 is 1.58 bits per heavy atom. The highest BCUT2D eigenvalue weighted by molar-refractivity contribution is 7.94. The fourth-order valence-electron chi connectivity index (χ4n) is 1.14. The highest BCUT2D eigenvalue weighted by atomic mass is 32.2. The van der Waals surface area contributed by atoms with Crippen LogP contribution in [0.4, 0.5) is 0 Å². The predicted octanol–water partition coefficient (Wildman–Crippen LogP) is -1.50. The molecule has 1 rings (SSSR count). The fourth-order valence-corrected chi connectivity index (χ4v) is 2.67. The Morgan fingerprint density at radius 3 is 2.50 bits per heavy atom. The van der Waals surface area contributed by atoms with Crippen molar-refractivity contribution in [2.24, 2.45) is 11.5 Å². The molecular formula is C6H10N2O3S. The van der Waals surface area contributed by atoms with Gasteiger partial charge in [0, 0.05) is 11.8 Å². The van der Waals surface area contributed by atoms with E-state index in [0.717, 1.165) is 5.41 Å². The molecule has 0 aliphatic carbocycles. The number of hydrogen-bond acceptors (Lipinski definition) is 4. The van der Waals surface area contributed by atoms with Crippen molar-refractivity contribution in [2.45, 2.75) is 12.0 Å². The van der Waals surface area contributed by atoms with E-state index in [9.17, 15) is 13.2 Å². The number of carbonyl (C=O) groups is 1. The smallest absolute Gasteiger partial charge is 0.219 e. The molecule has 1 aliphatic rings. The minimum absolute atomic E-state index is 0.136. The molecule has 0 fully saturated rings. The minimum Gasteiger partial charge on any atom is -0.370 e. The van der Waals surface area contributed by atoms with E-state index >= 15 is 0 Å². The topological polar surface area (TPSA) is 103 Å². The molecule has 1 unspecified atom stereocenters. The van der Waals surface area contributed by atoms with Crippen LogP contribution in [0.2, 0.25) is 0 Å². The van der Waals surface area contributed by atoms with Crippen molar-refractivity contribution in [2.75, 3.05) is 5.75 Å². The van der Waals surface area contributed by atoms with Gasteiger partial charge in [-0.3, -0.25) is 4.79 Å². The number of nitrogens with two attached hydrogens (primary N) is 2. The van der Waals surface area contributed by atoms with Crippen molar-refractivity contribution in [3.63, 3.8) is 0 Å². The van der Waals surface area contributed by atoms with Crippen LogP contribution < -0.4 is 11.5 Å². The summed E-state index contributed by atoms with van der Waals surface area (Å²) in [4.78, 5) is 10.5. The molecule has 1 heterocycles. The number of rotatable bonds is 2. The molecule has 0 bridgehead atoms. The first-order valence-corrected chi connectivity index (χ1v) is 5.04. The zero-order valence-electron chi connectivity index (χ0n) is 6.36. The SMILES string of the molecule is NC(=O)CC1(N)C=CS(=O)(=O)C1. The molecule has 0 aromatic rings. The van der Waals surface area contributed by atoms with E-state index in [-0.39, 0.29) is 12.2 Å². The summed E-state index contributed by atoms with van der Waals surface area (Å²) in [5, 5.41) is 1.02. The number of carbonyl (C=O) groups excluding carboxylic acids is 1. The summed E-state index contributed by atoms with van der Waals surface area (Å²) in [7, 11) is -3.21. The lowest BCUT2D eigenvalue weighted by molar-refractivity contribution is -0.118. The lowest BCUT2D eigenvalue weighted by Gasteiger charge is -2.17. The van der Waals surface area contributed by atoms with Gasteiger partial charge < -0.3 is 11.5 Å². The van der Waals surface area contributed by atoms with Crippen molar-refractivity contribution in [3.05, 3.63) is 11.5 Å². The van der Waals surface area contributed by atoms with Gasteiger partial charge in [0.2, 0.25) is 5.91 Å². The van der Waals surface area contributed by atoms with Crippen molar-refractivity contribution < 1.29 is 13.2 Å². The molecule has 0 radical (unpaired) electrons. The van der Waals surface area contributed by atoms with Gasteiger partial charge in [-0.25, -0.2) is 8.42 Å². The quantitative estimate of drug-likeness (QED) is 0.553. The van der Waals surface area contributed by atoms with Crippen molar-refractivity contribution in [1.82, 2.24) is 0 Å². The number of hydrogen-bond donors (Lipinski definition) is 2. The third kappa shape index (κ3) is 2.05. The average molecular weight is 190 g/mol. The second-order valence-corrected chi connectivity index (χ2v) is 4.87. The van der Waals surface area contributed by atoms with Crippen LogP contribution in [0.3, 0.4) is 0 Å². The first kappa shape index (κ1) is 9.21. The minimum atomic E-state index is -3.21. The summed E-state index contributed by atoms with van der Waals surface area (Å²) >= 11 is 0. The van der Waals surface area contributed by atoms with E-state index in [1.807, 2.05) is 0 Å². The molecule has 68 valence electrons. The molecular weight excluding hydrogens is 180 g/mol. The summed E-state index contributed by atoms with van der Waals surface area (Å²) in [5.41, 5.74) is 9.37. The van der Waals surface area contributed by atoms with Crippen LogP contribution in [0.1, 0.15) is 6.42 Å². The molecule has 5 nitrogen and oxygen atoms in total. The second kappa shape index (κ2) is 2.56. The Hall–Kier alpha value is -0.880. The Morgan fingerprint density at radius 2 is 2.17 bits per heavy atom. The highest BCUT2D eigenvalue weighted by Gasteiger charge is 2.34. The van der Waals surface area contributed by atoms with Gasteiger partial charge in [0.25, 0.3) is 0 Å². The summed E-state index contributed by atoms with van der Waals surface area (Å²) in [6.07, 6.45) is 1.18. The van der Waals surface area contributed by atoms with Gasteiger partial charge in [-0.15, -0.1) is 0 Å². The maximum absolute atomic E-state index is 10.9. The first-order valence-electron chi connectivity index (χ1n) is 3.32. The van der Waals surface area contributed by atoms with Gasteiger partial charge in [-0.05, 0) is 0 Å². The van der Waals surface area contributed by atoms with Gasteiger partial charge >= 0.3 is 0 Å². The number of primary amides is 1. The molecule has 12 heavy (non-hydrogen) atoms. The normalized spacial score (nSPS) is 32.1.